The van der Waals surface area contributed by atoms with Gasteiger partial charge in [0.1, 0.15) is 0 Å². The fraction of sp³-hybridized carbons (Fsp3) is 0. The lowest BCUT2D eigenvalue weighted by Gasteiger charge is -1.74. The summed E-state index contributed by atoms with van der Waals surface area (Å²) in [5.74, 6) is 0. The van der Waals surface area contributed by atoms with Crippen LogP contribution in [0.2, 0.25) is 0 Å². The van der Waals surface area contributed by atoms with E-state index >= 15 is 0 Å². The second-order valence-electron chi connectivity index (χ2n) is 0.402. The van der Waals surface area contributed by atoms with E-state index < -0.39 is 0 Å². The van der Waals surface area contributed by atoms with Crippen molar-refractivity contribution < 1.29 is 4.12 Å². The molecule has 0 heterocycles. The summed E-state index contributed by atoms with van der Waals surface area (Å²) < 4.78 is 4.65. The monoisotopic (exact) mass is 90.0 g/mol. The fourth-order valence-corrected chi connectivity index (χ4v) is 0. The lowest BCUT2D eigenvalue weighted by Crippen LogP contribution is -1.76. The van der Waals surface area contributed by atoms with E-state index in [1.54, 1.807) is 0 Å². The third-order valence-corrected chi connectivity index (χ3v) is 1.50. The Bertz CT molecular complexity index is 20.0. The smallest absolute Gasteiger partial charge is 0.191 e. The SMILES string of the molecule is C=[SiH]O[SiH3]. The van der Waals surface area contributed by atoms with Gasteiger partial charge in [-0.05, 0) is 0 Å². The van der Waals surface area contributed by atoms with Gasteiger partial charge in [0.05, 0.1) is 0 Å². The van der Waals surface area contributed by atoms with Gasteiger partial charge in [0.2, 0.25) is 0 Å². The molecule has 0 saturated heterocycles. The quantitative estimate of drug-likeness (QED) is 0.341. The van der Waals surface area contributed by atoms with Crippen LogP contribution in [0.5, 0.6) is 0 Å². The van der Waals surface area contributed by atoms with Crippen LogP contribution in [0.3, 0.4) is 0 Å². The molecule has 0 unspecified atom stereocenters. The summed E-state index contributed by atoms with van der Waals surface area (Å²) >= 11 is 0. The van der Waals surface area contributed by atoms with Crippen LogP contribution in [0.4, 0.5) is 0 Å². The number of hydrogen-bond acceptors (Lipinski definition) is 1. The largest absolute Gasteiger partial charge is 0.614 e. The van der Waals surface area contributed by atoms with E-state index in [0.717, 1.165) is 10.5 Å². The molecule has 1 nitrogen and oxygen atoms in total. The second-order valence-corrected chi connectivity index (χ2v) is 2.62. The highest BCUT2D eigenvalue weighted by molar-refractivity contribution is 6.39. The van der Waals surface area contributed by atoms with Gasteiger partial charge in [-0.1, -0.05) is 6.17 Å². The van der Waals surface area contributed by atoms with Crippen LogP contribution in [0, 0.1) is 0 Å². The van der Waals surface area contributed by atoms with Gasteiger partial charge in [0.15, 0.2) is 19.9 Å². The van der Waals surface area contributed by atoms with Gasteiger partial charge in [-0.15, -0.1) is 0 Å². The van der Waals surface area contributed by atoms with Gasteiger partial charge in [-0.25, -0.2) is 0 Å². The number of hydrogen-bond donors (Lipinski definition) is 0. The summed E-state index contributed by atoms with van der Waals surface area (Å²) in [5.41, 5.74) is 0. The van der Waals surface area contributed by atoms with Crippen LogP contribution in [0.1, 0.15) is 0 Å². The van der Waals surface area contributed by atoms with Crippen LogP contribution >= 0.6 is 0 Å². The van der Waals surface area contributed by atoms with Crippen molar-refractivity contribution in [2.45, 2.75) is 0 Å². The molecule has 0 amide bonds. The Morgan fingerprint density at radius 3 is 2.25 bits per heavy atom. The minimum absolute atomic E-state index is 0.0941. The fourth-order valence-electron chi connectivity index (χ4n) is 0. The third kappa shape index (κ3) is 2.10. The Labute approximate surface area is 31.1 Å². The van der Waals surface area contributed by atoms with Gasteiger partial charge in [0, 0.05) is 0 Å². The lowest BCUT2D eigenvalue weighted by molar-refractivity contribution is 0.686. The van der Waals surface area contributed by atoms with Crippen molar-refractivity contribution in [1.82, 2.24) is 0 Å². The normalized spacial score (nSPS) is 6.00. The molecule has 0 saturated carbocycles. The summed E-state index contributed by atoms with van der Waals surface area (Å²) in [6.07, 6.45) is 3.50. The Kier molecular flexibility index (Phi) is 3.18. The molecule has 24 valence electrons. The molecule has 0 aliphatic rings. The highest BCUT2D eigenvalue weighted by Gasteiger charge is 1.39. The first kappa shape index (κ1) is 4.10. The van der Waals surface area contributed by atoms with E-state index in [4.69, 9.17) is 0 Å². The average molecular weight is 90.2 g/mol. The first-order valence-corrected chi connectivity index (χ1v) is 3.16. The standard InChI is InChI=1S/CH6OSi2/c1-4-2-3/h4H,1H2,3H3. The molecule has 0 atom stereocenters. The number of rotatable bonds is 1. The molecule has 0 aliphatic carbocycles. The van der Waals surface area contributed by atoms with Gasteiger partial charge < -0.3 is 4.12 Å². The maximum atomic E-state index is 4.65. The molecule has 0 radical (unpaired) electrons. The van der Waals surface area contributed by atoms with E-state index in [1.807, 2.05) is 0 Å². The molecule has 0 N–H and O–H groups in total. The van der Waals surface area contributed by atoms with E-state index in [0.29, 0.717) is 0 Å². The van der Waals surface area contributed by atoms with Crippen molar-refractivity contribution in [2.24, 2.45) is 0 Å². The van der Waals surface area contributed by atoms with Gasteiger partial charge in [-0.2, -0.15) is 0 Å². The van der Waals surface area contributed by atoms with Crippen LogP contribution in [0.25, 0.3) is 0 Å². The average Bonchev–Trinajstić information content (AvgIpc) is 1.37. The van der Waals surface area contributed by atoms with Crippen molar-refractivity contribution in [3.8, 4) is 0 Å². The zero-order chi connectivity index (χ0) is 3.41. The first-order valence-electron chi connectivity index (χ1n) is 1.05. The predicted octanol–water partition coefficient (Wildman–Crippen LogP) is -1.93. The molecule has 0 aromatic heterocycles. The van der Waals surface area contributed by atoms with Crippen molar-refractivity contribution in [3.63, 3.8) is 0 Å². The van der Waals surface area contributed by atoms with Crippen LogP contribution < -0.4 is 0 Å². The Morgan fingerprint density at radius 2 is 2.25 bits per heavy atom. The second kappa shape index (κ2) is 3.10. The summed E-state index contributed by atoms with van der Waals surface area (Å²) in [6, 6.07) is 0. The van der Waals surface area contributed by atoms with Gasteiger partial charge >= 0.3 is 0 Å². The van der Waals surface area contributed by atoms with E-state index in [2.05, 4.69) is 10.3 Å². The summed E-state index contributed by atoms with van der Waals surface area (Å²) in [5, 5.41) is 0. The zero-order valence-corrected chi connectivity index (χ0v) is 5.85. The molecule has 0 aliphatic heterocycles. The maximum absolute atomic E-state index is 4.65. The Hall–Kier alpha value is 0.104. The molecular weight excluding hydrogens is 84.2 g/mol. The van der Waals surface area contributed by atoms with Crippen molar-refractivity contribution >= 4 is 26.0 Å². The summed E-state index contributed by atoms with van der Waals surface area (Å²) in [7, 11) is 0.958. The molecule has 0 bridgehead atoms. The molecule has 0 aromatic rings. The molecule has 4 heavy (non-hydrogen) atoms. The Balaban J connectivity index is 2.30. The minimum atomic E-state index is 0.0941. The molecular formula is CH6OSi2. The third-order valence-electron chi connectivity index (χ3n) is 0.167. The Morgan fingerprint density at radius 1 is 2.00 bits per heavy atom. The highest BCUT2D eigenvalue weighted by atomic mass is 28.3. The summed E-state index contributed by atoms with van der Waals surface area (Å²) in [6.45, 7) is 0. The molecule has 0 rings (SSSR count). The van der Waals surface area contributed by atoms with Crippen LogP contribution in [-0.2, 0) is 4.12 Å². The predicted molar refractivity (Wildman–Crippen MR) is 25.3 cm³/mol. The molecule has 0 spiro atoms. The molecule has 3 heteroatoms. The van der Waals surface area contributed by atoms with Crippen molar-refractivity contribution in [2.75, 3.05) is 0 Å². The van der Waals surface area contributed by atoms with E-state index in [9.17, 15) is 0 Å². The van der Waals surface area contributed by atoms with Gasteiger partial charge in [0.25, 0.3) is 0 Å². The van der Waals surface area contributed by atoms with Crippen molar-refractivity contribution in [1.29, 1.82) is 0 Å². The highest BCUT2D eigenvalue weighted by Crippen LogP contribution is 1.28. The topological polar surface area (TPSA) is 9.23 Å². The molecule has 0 fully saturated rings. The first-order chi connectivity index (χ1) is 1.91. The van der Waals surface area contributed by atoms with E-state index in [1.165, 1.54) is 0 Å². The van der Waals surface area contributed by atoms with Crippen LogP contribution in [-0.4, -0.2) is 26.0 Å². The lowest BCUT2D eigenvalue weighted by atomic mass is 12.0. The maximum Gasteiger partial charge on any atom is 0.191 e. The zero-order valence-electron chi connectivity index (χ0n) is 2.69. The minimum Gasteiger partial charge on any atom is -0.614 e. The summed E-state index contributed by atoms with van der Waals surface area (Å²) in [4.78, 5) is 0. The van der Waals surface area contributed by atoms with Crippen LogP contribution in [0.15, 0.2) is 0 Å². The van der Waals surface area contributed by atoms with Gasteiger partial charge in [-0.3, -0.25) is 0 Å². The van der Waals surface area contributed by atoms with Crippen molar-refractivity contribution in [3.05, 3.63) is 0 Å². The molecule has 0 aromatic carbocycles. The van der Waals surface area contributed by atoms with E-state index in [-0.39, 0.29) is 9.38 Å².